The van der Waals surface area contributed by atoms with Crippen molar-refractivity contribution in [3.63, 3.8) is 0 Å². The van der Waals surface area contributed by atoms with E-state index in [1.165, 1.54) is 12.3 Å². The number of para-hydroxylation sites is 1. The molecule has 5 nitrogen and oxygen atoms in total. The highest BCUT2D eigenvalue weighted by Crippen LogP contribution is 2.17. The van der Waals surface area contributed by atoms with Crippen LogP contribution in [0, 0.1) is 5.82 Å². The van der Waals surface area contributed by atoms with Gasteiger partial charge in [-0.05, 0) is 30.7 Å². The largest absolute Gasteiger partial charge is 0.333 e. The monoisotopic (exact) mass is 350 g/mol. The van der Waals surface area contributed by atoms with Crippen LogP contribution in [0.4, 0.5) is 16.0 Å². The number of carbonyl (C=O) groups is 1. The number of hydrogen-bond acceptors (Lipinski definition) is 4. The molecule has 1 N–H and O–H groups in total. The number of benzene rings is 2. The van der Waals surface area contributed by atoms with Crippen molar-refractivity contribution in [3.8, 4) is 0 Å². The molecule has 0 spiro atoms. The summed E-state index contributed by atoms with van der Waals surface area (Å²) in [6.07, 6.45) is 1.49. The average molecular weight is 350 g/mol. The molecule has 0 atom stereocenters. The third-order valence-electron chi connectivity index (χ3n) is 3.88. The summed E-state index contributed by atoms with van der Waals surface area (Å²) in [5.74, 6) is -0.431. The first kappa shape index (κ1) is 17.5. The minimum Gasteiger partial charge on any atom is -0.333 e. The molecule has 3 aromatic rings. The molecule has 0 unspecified atom stereocenters. The second-order valence-corrected chi connectivity index (χ2v) is 5.68. The van der Waals surface area contributed by atoms with Gasteiger partial charge in [0, 0.05) is 19.3 Å². The van der Waals surface area contributed by atoms with E-state index >= 15 is 0 Å². The second kappa shape index (κ2) is 8.20. The first-order valence-electron chi connectivity index (χ1n) is 8.35. The van der Waals surface area contributed by atoms with E-state index in [-0.39, 0.29) is 23.2 Å². The van der Waals surface area contributed by atoms with Gasteiger partial charge in [0.1, 0.15) is 11.5 Å². The van der Waals surface area contributed by atoms with Crippen LogP contribution < -0.4 is 5.32 Å². The molecule has 26 heavy (non-hydrogen) atoms. The topological polar surface area (TPSA) is 58.1 Å². The number of hydrogen-bond donors (Lipinski definition) is 1. The highest BCUT2D eigenvalue weighted by atomic mass is 19.1. The molecule has 1 amide bonds. The molecule has 1 heterocycles. The molecule has 0 saturated carbocycles. The van der Waals surface area contributed by atoms with Gasteiger partial charge in [0.2, 0.25) is 5.95 Å². The first-order valence-corrected chi connectivity index (χ1v) is 8.35. The summed E-state index contributed by atoms with van der Waals surface area (Å²) in [5.41, 5.74) is 1.56. The van der Waals surface area contributed by atoms with Crippen molar-refractivity contribution in [2.45, 2.75) is 13.5 Å². The highest BCUT2D eigenvalue weighted by Gasteiger charge is 2.17. The van der Waals surface area contributed by atoms with Gasteiger partial charge in [0.15, 0.2) is 0 Å². The SMILES string of the molecule is CCN(Cc1ccccc1)C(=O)c1ccnc(Nc2ccccc2F)n1. The van der Waals surface area contributed by atoms with E-state index < -0.39 is 5.82 Å². The third-order valence-corrected chi connectivity index (χ3v) is 3.88. The summed E-state index contributed by atoms with van der Waals surface area (Å²) < 4.78 is 13.8. The zero-order chi connectivity index (χ0) is 18.4. The number of nitrogens with zero attached hydrogens (tertiary/aromatic N) is 3. The van der Waals surface area contributed by atoms with Crippen molar-refractivity contribution >= 4 is 17.5 Å². The van der Waals surface area contributed by atoms with Crippen molar-refractivity contribution in [1.29, 1.82) is 0 Å². The molecule has 0 fully saturated rings. The molecule has 132 valence electrons. The fourth-order valence-electron chi connectivity index (χ4n) is 2.51. The summed E-state index contributed by atoms with van der Waals surface area (Å²) in [4.78, 5) is 22.8. The molecule has 6 heteroatoms. The number of rotatable bonds is 6. The Balaban J connectivity index is 1.77. The lowest BCUT2D eigenvalue weighted by Crippen LogP contribution is -2.31. The van der Waals surface area contributed by atoms with Crippen molar-refractivity contribution < 1.29 is 9.18 Å². The van der Waals surface area contributed by atoms with Crippen LogP contribution in [0.2, 0.25) is 0 Å². The molecule has 3 rings (SSSR count). The number of anilines is 2. The van der Waals surface area contributed by atoms with Gasteiger partial charge >= 0.3 is 0 Å². The van der Waals surface area contributed by atoms with E-state index in [4.69, 9.17) is 0 Å². The lowest BCUT2D eigenvalue weighted by Gasteiger charge is -2.20. The Morgan fingerprint density at radius 2 is 1.81 bits per heavy atom. The van der Waals surface area contributed by atoms with Gasteiger partial charge in [0.25, 0.3) is 5.91 Å². The standard InChI is InChI=1S/C20H19FN4O/c1-2-25(14-15-8-4-3-5-9-15)19(26)18-12-13-22-20(24-18)23-17-11-7-6-10-16(17)21/h3-13H,2,14H2,1H3,(H,22,23,24). The van der Waals surface area contributed by atoms with E-state index in [2.05, 4.69) is 15.3 Å². The Morgan fingerprint density at radius 1 is 1.08 bits per heavy atom. The Bertz CT molecular complexity index is 886. The van der Waals surface area contributed by atoms with Crippen molar-refractivity contribution in [3.05, 3.63) is 83.9 Å². The Morgan fingerprint density at radius 3 is 2.54 bits per heavy atom. The molecule has 0 aliphatic rings. The van der Waals surface area contributed by atoms with Crippen LogP contribution in [0.25, 0.3) is 0 Å². The Hall–Kier alpha value is -3.28. The maximum atomic E-state index is 13.8. The zero-order valence-electron chi connectivity index (χ0n) is 14.4. The summed E-state index contributed by atoms with van der Waals surface area (Å²) in [5, 5.41) is 2.81. The summed E-state index contributed by atoms with van der Waals surface area (Å²) in [6.45, 7) is 2.96. The quantitative estimate of drug-likeness (QED) is 0.729. The molecule has 0 saturated heterocycles. The van der Waals surface area contributed by atoms with Gasteiger partial charge in [-0.2, -0.15) is 0 Å². The fraction of sp³-hybridized carbons (Fsp3) is 0.150. The molecule has 0 aliphatic heterocycles. The smallest absolute Gasteiger partial charge is 0.272 e. The summed E-state index contributed by atoms with van der Waals surface area (Å²) >= 11 is 0. The molecule has 1 aromatic heterocycles. The Kier molecular flexibility index (Phi) is 5.53. The maximum absolute atomic E-state index is 13.8. The summed E-state index contributed by atoms with van der Waals surface area (Å²) in [7, 11) is 0. The van der Waals surface area contributed by atoms with Crippen molar-refractivity contribution in [2.24, 2.45) is 0 Å². The predicted molar refractivity (Wildman–Crippen MR) is 98.6 cm³/mol. The van der Waals surface area contributed by atoms with Gasteiger partial charge < -0.3 is 10.2 Å². The number of halogens is 1. The Labute approximate surface area is 151 Å². The van der Waals surface area contributed by atoms with Crippen LogP contribution in [-0.2, 0) is 6.54 Å². The van der Waals surface area contributed by atoms with Crippen molar-refractivity contribution in [1.82, 2.24) is 14.9 Å². The number of amides is 1. The van der Waals surface area contributed by atoms with Crippen molar-refractivity contribution in [2.75, 3.05) is 11.9 Å². The van der Waals surface area contributed by atoms with Gasteiger partial charge in [-0.15, -0.1) is 0 Å². The molecule has 0 bridgehead atoms. The number of nitrogens with one attached hydrogen (secondary N) is 1. The molecule has 0 radical (unpaired) electrons. The number of aromatic nitrogens is 2. The lowest BCUT2D eigenvalue weighted by atomic mass is 10.2. The fourth-order valence-corrected chi connectivity index (χ4v) is 2.51. The van der Waals surface area contributed by atoms with Gasteiger partial charge in [-0.25, -0.2) is 14.4 Å². The molecular weight excluding hydrogens is 331 g/mol. The lowest BCUT2D eigenvalue weighted by molar-refractivity contribution is 0.0746. The molecule has 0 aliphatic carbocycles. The van der Waals surface area contributed by atoms with Crippen LogP contribution >= 0.6 is 0 Å². The van der Waals surface area contributed by atoms with E-state index in [0.29, 0.717) is 13.1 Å². The van der Waals surface area contributed by atoms with Gasteiger partial charge in [0.05, 0.1) is 5.69 Å². The zero-order valence-corrected chi connectivity index (χ0v) is 14.4. The second-order valence-electron chi connectivity index (χ2n) is 5.68. The first-order chi connectivity index (χ1) is 12.7. The number of carbonyl (C=O) groups excluding carboxylic acids is 1. The minimum atomic E-state index is -0.410. The molecular formula is C20H19FN4O. The maximum Gasteiger partial charge on any atom is 0.272 e. The van der Waals surface area contributed by atoms with Crippen LogP contribution in [0.1, 0.15) is 23.0 Å². The van der Waals surface area contributed by atoms with Crippen LogP contribution in [0.5, 0.6) is 0 Å². The van der Waals surface area contributed by atoms with Crippen LogP contribution in [0.15, 0.2) is 66.9 Å². The normalized spacial score (nSPS) is 10.4. The van der Waals surface area contributed by atoms with E-state index in [1.54, 1.807) is 29.2 Å². The predicted octanol–water partition coefficient (Wildman–Crippen LogP) is 4.02. The minimum absolute atomic E-state index is 0.178. The highest BCUT2D eigenvalue weighted by molar-refractivity contribution is 5.92. The average Bonchev–Trinajstić information content (AvgIpc) is 2.68. The van der Waals surface area contributed by atoms with E-state index in [9.17, 15) is 9.18 Å². The molecule has 2 aromatic carbocycles. The van der Waals surface area contributed by atoms with E-state index in [0.717, 1.165) is 5.56 Å². The van der Waals surface area contributed by atoms with Gasteiger partial charge in [-0.1, -0.05) is 42.5 Å². The van der Waals surface area contributed by atoms with Crippen LogP contribution in [0.3, 0.4) is 0 Å². The van der Waals surface area contributed by atoms with Crippen LogP contribution in [-0.4, -0.2) is 27.3 Å². The van der Waals surface area contributed by atoms with E-state index in [1.807, 2.05) is 37.3 Å². The summed E-state index contributed by atoms with van der Waals surface area (Å²) in [6, 6.07) is 17.6. The van der Waals surface area contributed by atoms with Gasteiger partial charge in [-0.3, -0.25) is 4.79 Å². The third kappa shape index (κ3) is 4.22.